The number of carbonyl (C=O) groups excluding carboxylic acids is 1. The van der Waals surface area contributed by atoms with Crippen molar-refractivity contribution in [1.82, 2.24) is 15.5 Å². The molecular formula is C19H29ClN4O. The van der Waals surface area contributed by atoms with Gasteiger partial charge in [0.25, 0.3) is 0 Å². The highest BCUT2D eigenvalue weighted by atomic mass is 35.5. The molecule has 0 aromatic heterocycles. The maximum Gasteiger partial charge on any atom is 0.230 e. The van der Waals surface area contributed by atoms with Gasteiger partial charge in [-0.1, -0.05) is 42.6 Å². The Hall–Kier alpha value is -1.75. The second-order valence-corrected chi connectivity index (χ2v) is 7.23. The molecule has 1 fully saturated rings. The average Bonchev–Trinajstić information content (AvgIpc) is 3.08. The van der Waals surface area contributed by atoms with Gasteiger partial charge in [-0.05, 0) is 31.4 Å². The minimum Gasteiger partial charge on any atom is -0.357 e. The number of benzene rings is 1. The number of guanidine groups is 1. The molecule has 1 aromatic carbocycles. The van der Waals surface area contributed by atoms with E-state index in [2.05, 4.69) is 15.6 Å². The lowest BCUT2D eigenvalue weighted by Crippen LogP contribution is -2.49. The molecule has 1 aliphatic rings. The summed E-state index contributed by atoms with van der Waals surface area (Å²) in [5.74, 6) is 0.930. The van der Waals surface area contributed by atoms with E-state index < -0.39 is 0 Å². The highest BCUT2D eigenvalue weighted by Gasteiger charge is 2.42. The summed E-state index contributed by atoms with van der Waals surface area (Å²) in [5.41, 5.74) is 0.672. The predicted molar refractivity (Wildman–Crippen MR) is 104 cm³/mol. The fraction of sp³-hybridized carbons (Fsp3) is 0.579. The third-order valence-corrected chi connectivity index (χ3v) is 5.09. The molecule has 0 heterocycles. The second-order valence-electron chi connectivity index (χ2n) is 6.83. The lowest BCUT2D eigenvalue weighted by molar-refractivity contribution is -0.138. The first kappa shape index (κ1) is 19.6. The van der Waals surface area contributed by atoms with Gasteiger partial charge in [0.05, 0.1) is 12.0 Å². The van der Waals surface area contributed by atoms with Crippen LogP contribution in [-0.2, 0) is 11.3 Å². The largest absolute Gasteiger partial charge is 0.357 e. The van der Waals surface area contributed by atoms with Crippen LogP contribution in [0.25, 0.3) is 0 Å². The summed E-state index contributed by atoms with van der Waals surface area (Å²) in [6.07, 6.45) is 4.07. The first-order chi connectivity index (χ1) is 12.0. The van der Waals surface area contributed by atoms with Crippen molar-refractivity contribution in [1.29, 1.82) is 0 Å². The Morgan fingerprint density at radius 2 is 1.92 bits per heavy atom. The summed E-state index contributed by atoms with van der Waals surface area (Å²) < 4.78 is 0. The van der Waals surface area contributed by atoms with Crippen LogP contribution in [0.15, 0.2) is 29.3 Å². The molecule has 1 amide bonds. The summed E-state index contributed by atoms with van der Waals surface area (Å²) in [5, 5.41) is 7.35. The molecule has 0 bridgehead atoms. The maximum atomic E-state index is 12.7. The van der Waals surface area contributed by atoms with E-state index in [1.165, 1.54) is 0 Å². The van der Waals surface area contributed by atoms with Crippen molar-refractivity contribution in [3.63, 3.8) is 0 Å². The van der Waals surface area contributed by atoms with E-state index in [-0.39, 0.29) is 11.3 Å². The Bertz CT molecular complexity index is 609. The quantitative estimate of drug-likeness (QED) is 0.602. The Kier molecular flexibility index (Phi) is 7.12. The van der Waals surface area contributed by atoms with E-state index >= 15 is 0 Å². The monoisotopic (exact) mass is 364 g/mol. The number of aliphatic imine (C=N–C) groups is 1. The Balaban J connectivity index is 2.06. The smallest absolute Gasteiger partial charge is 0.230 e. The van der Waals surface area contributed by atoms with E-state index in [0.717, 1.165) is 48.8 Å². The topological polar surface area (TPSA) is 56.7 Å². The van der Waals surface area contributed by atoms with Crippen LogP contribution in [0, 0.1) is 5.41 Å². The van der Waals surface area contributed by atoms with Crippen molar-refractivity contribution in [2.75, 3.05) is 27.2 Å². The molecule has 25 heavy (non-hydrogen) atoms. The van der Waals surface area contributed by atoms with Crippen molar-refractivity contribution >= 4 is 23.5 Å². The van der Waals surface area contributed by atoms with Crippen LogP contribution >= 0.6 is 11.6 Å². The number of hydrogen-bond donors (Lipinski definition) is 2. The Morgan fingerprint density at radius 1 is 1.24 bits per heavy atom. The summed E-state index contributed by atoms with van der Waals surface area (Å²) in [7, 11) is 3.66. The maximum absolute atomic E-state index is 12.7. The number of nitrogens with one attached hydrogen (secondary N) is 2. The van der Waals surface area contributed by atoms with Gasteiger partial charge < -0.3 is 15.5 Å². The van der Waals surface area contributed by atoms with Gasteiger partial charge in [-0.2, -0.15) is 0 Å². The van der Waals surface area contributed by atoms with Crippen molar-refractivity contribution in [2.24, 2.45) is 10.4 Å². The molecule has 6 heteroatoms. The number of halogens is 1. The number of nitrogens with zero attached hydrogens (tertiary/aromatic N) is 2. The Morgan fingerprint density at radius 3 is 2.52 bits per heavy atom. The van der Waals surface area contributed by atoms with Crippen LogP contribution in [0.1, 0.15) is 38.2 Å². The lowest BCUT2D eigenvalue weighted by atomic mass is 9.84. The zero-order valence-electron chi connectivity index (χ0n) is 15.4. The molecule has 0 aliphatic heterocycles. The van der Waals surface area contributed by atoms with Crippen molar-refractivity contribution in [2.45, 2.75) is 39.2 Å². The molecule has 0 atom stereocenters. The fourth-order valence-corrected chi connectivity index (χ4v) is 3.57. The summed E-state index contributed by atoms with van der Waals surface area (Å²) in [6, 6.07) is 7.72. The third-order valence-electron chi connectivity index (χ3n) is 4.72. The fourth-order valence-electron chi connectivity index (χ4n) is 3.38. The number of amides is 1. The van der Waals surface area contributed by atoms with Crippen LogP contribution in [0.3, 0.4) is 0 Å². The predicted octanol–water partition coefficient (Wildman–Crippen LogP) is 3.04. The average molecular weight is 365 g/mol. The molecule has 2 N–H and O–H groups in total. The first-order valence-electron chi connectivity index (χ1n) is 8.96. The summed E-state index contributed by atoms with van der Waals surface area (Å²) in [6.45, 7) is 3.91. The van der Waals surface area contributed by atoms with E-state index in [1.807, 2.05) is 45.3 Å². The third kappa shape index (κ3) is 5.11. The lowest BCUT2D eigenvalue weighted by Gasteiger charge is -2.31. The zero-order chi connectivity index (χ0) is 18.3. The standard InChI is InChI=1S/C19H29ClN4O/c1-4-21-18(22-13-15-9-5-6-10-16(15)20)23-14-19(11-7-8-12-19)17(25)24(2)3/h5-6,9-10H,4,7-8,11-14H2,1-3H3,(H2,21,22,23). The van der Waals surface area contributed by atoms with Crippen LogP contribution in [-0.4, -0.2) is 44.0 Å². The molecule has 0 saturated heterocycles. The molecule has 0 radical (unpaired) electrons. The van der Waals surface area contributed by atoms with E-state index in [1.54, 1.807) is 4.90 Å². The van der Waals surface area contributed by atoms with E-state index in [0.29, 0.717) is 13.1 Å². The van der Waals surface area contributed by atoms with Crippen LogP contribution in [0.5, 0.6) is 0 Å². The van der Waals surface area contributed by atoms with Crippen molar-refractivity contribution < 1.29 is 4.79 Å². The second kappa shape index (κ2) is 9.09. The molecule has 1 aliphatic carbocycles. The van der Waals surface area contributed by atoms with Gasteiger partial charge >= 0.3 is 0 Å². The zero-order valence-corrected chi connectivity index (χ0v) is 16.2. The summed E-state index contributed by atoms with van der Waals surface area (Å²) >= 11 is 6.20. The van der Waals surface area contributed by atoms with Gasteiger partial charge in [0, 0.05) is 32.2 Å². The van der Waals surface area contributed by atoms with E-state index in [9.17, 15) is 4.79 Å². The van der Waals surface area contributed by atoms with Gasteiger partial charge in [0.15, 0.2) is 5.96 Å². The minimum absolute atomic E-state index is 0.208. The van der Waals surface area contributed by atoms with Gasteiger partial charge in [-0.25, -0.2) is 4.99 Å². The molecule has 1 saturated carbocycles. The van der Waals surface area contributed by atoms with Gasteiger partial charge in [-0.3, -0.25) is 4.79 Å². The first-order valence-corrected chi connectivity index (χ1v) is 9.33. The SMILES string of the molecule is CCNC(=NCc1ccccc1Cl)NCC1(C(=O)N(C)C)CCCC1. The Labute approximate surface area is 155 Å². The number of rotatable bonds is 6. The van der Waals surface area contributed by atoms with Crippen LogP contribution < -0.4 is 10.6 Å². The highest BCUT2D eigenvalue weighted by molar-refractivity contribution is 6.31. The van der Waals surface area contributed by atoms with E-state index in [4.69, 9.17) is 11.6 Å². The van der Waals surface area contributed by atoms with Crippen LogP contribution in [0.2, 0.25) is 5.02 Å². The van der Waals surface area contributed by atoms with Gasteiger partial charge in [-0.15, -0.1) is 0 Å². The van der Waals surface area contributed by atoms with Crippen molar-refractivity contribution in [3.05, 3.63) is 34.9 Å². The molecule has 0 spiro atoms. The molecule has 5 nitrogen and oxygen atoms in total. The molecule has 0 unspecified atom stereocenters. The number of hydrogen-bond acceptors (Lipinski definition) is 2. The highest BCUT2D eigenvalue weighted by Crippen LogP contribution is 2.38. The molecule has 2 rings (SSSR count). The molecule has 138 valence electrons. The van der Waals surface area contributed by atoms with Crippen LogP contribution in [0.4, 0.5) is 0 Å². The van der Waals surface area contributed by atoms with Gasteiger partial charge in [0.1, 0.15) is 0 Å². The normalized spacial score (nSPS) is 16.6. The minimum atomic E-state index is -0.315. The number of carbonyl (C=O) groups is 1. The molecule has 1 aromatic rings. The molecular weight excluding hydrogens is 336 g/mol. The summed E-state index contributed by atoms with van der Waals surface area (Å²) in [4.78, 5) is 19.0. The van der Waals surface area contributed by atoms with Gasteiger partial charge in [0.2, 0.25) is 5.91 Å². The van der Waals surface area contributed by atoms with Crippen molar-refractivity contribution in [3.8, 4) is 0 Å².